The van der Waals surface area contributed by atoms with Crippen molar-refractivity contribution in [1.29, 1.82) is 0 Å². The number of amides is 1. The fourth-order valence-corrected chi connectivity index (χ4v) is 3.51. The van der Waals surface area contributed by atoms with Crippen LogP contribution in [0.1, 0.15) is 32.4 Å². The van der Waals surface area contributed by atoms with Crippen LogP contribution in [0, 0.1) is 0 Å². The van der Waals surface area contributed by atoms with E-state index >= 15 is 0 Å². The summed E-state index contributed by atoms with van der Waals surface area (Å²) in [6.07, 6.45) is 2.26. The van der Waals surface area contributed by atoms with Gasteiger partial charge in [-0.05, 0) is 37.6 Å². The Morgan fingerprint density at radius 3 is 2.73 bits per heavy atom. The van der Waals surface area contributed by atoms with E-state index in [1.807, 2.05) is 50.2 Å². The molecule has 0 radical (unpaired) electrons. The number of hydrogen-bond acceptors (Lipinski definition) is 5. The SMILES string of the molecule is CC(C)n1nccc1NC(=O)[C@@H](C)OC(=O)Cc1coc2ccc3ccccc3c12. The summed E-state index contributed by atoms with van der Waals surface area (Å²) in [6, 6.07) is 13.6. The normalized spacial score (nSPS) is 12.4. The number of hydrogen-bond donors (Lipinski definition) is 1. The molecule has 2 heterocycles. The minimum atomic E-state index is -0.942. The monoisotopic (exact) mass is 405 g/mol. The minimum absolute atomic E-state index is 0.0164. The minimum Gasteiger partial charge on any atom is -0.464 e. The molecular formula is C23H23N3O4. The number of nitrogens with zero attached hydrogens (tertiary/aromatic N) is 2. The Hall–Kier alpha value is -3.61. The van der Waals surface area contributed by atoms with Crippen LogP contribution in [-0.4, -0.2) is 27.8 Å². The predicted octanol–water partition coefficient (Wildman–Crippen LogP) is 4.48. The Bertz CT molecular complexity index is 1220. The molecule has 0 spiro atoms. The summed E-state index contributed by atoms with van der Waals surface area (Å²) in [6.45, 7) is 5.47. The van der Waals surface area contributed by atoms with Crippen LogP contribution in [0.3, 0.4) is 0 Å². The van der Waals surface area contributed by atoms with Crippen molar-refractivity contribution in [2.45, 2.75) is 39.3 Å². The third-order valence-corrected chi connectivity index (χ3v) is 4.96. The van der Waals surface area contributed by atoms with Gasteiger partial charge in [0.05, 0.1) is 18.9 Å². The molecule has 0 aliphatic carbocycles. The molecule has 154 valence electrons. The molecule has 0 saturated carbocycles. The van der Waals surface area contributed by atoms with Gasteiger partial charge < -0.3 is 14.5 Å². The topological polar surface area (TPSA) is 86.4 Å². The van der Waals surface area contributed by atoms with Crippen LogP contribution in [-0.2, 0) is 20.7 Å². The van der Waals surface area contributed by atoms with Crippen molar-refractivity contribution < 1.29 is 18.7 Å². The molecule has 0 aliphatic rings. The molecule has 30 heavy (non-hydrogen) atoms. The van der Waals surface area contributed by atoms with E-state index in [9.17, 15) is 9.59 Å². The summed E-state index contributed by atoms with van der Waals surface area (Å²) in [4.78, 5) is 25.0. The second-order valence-electron chi connectivity index (χ2n) is 7.47. The number of carbonyl (C=O) groups is 2. The third kappa shape index (κ3) is 3.78. The molecule has 0 fully saturated rings. The van der Waals surface area contributed by atoms with Crippen LogP contribution in [0.5, 0.6) is 0 Å². The molecule has 1 amide bonds. The van der Waals surface area contributed by atoms with Crippen LogP contribution in [0.15, 0.2) is 59.3 Å². The maximum Gasteiger partial charge on any atom is 0.311 e. The first-order valence-corrected chi connectivity index (χ1v) is 9.85. The molecule has 4 aromatic rings. The first kappa shape index (κ1) is 19.7. The van der Waals surface area contributed by atoms with Crippen LogP contribution in [0.2, 0.25) is 0 Å². The maximum absolute atomic E-state index is 12.5. The lowest BCUT2D eigenvalue weighted by Crippen LogP contribution is -2.31. The van der Waals surface area contributed by atoms with E-state index in [0.29, 0.717) is 11.4 Å². The zero-order chi connectivity index (χ0) is 21.3. The molecule has 0 aliphatic heterocycles. The summed E-state index contributed by atoms with van der Waals surface area (Å²) in [7, 11) is 0. The summed E-state index contributed by atoms with van der Waals surface area (Å²) in [5.41, 5.74) is 1.45. The van der Waals surface area contributed by atoms with Crippen molar-refractivity contribution in [3.05, 3.63) is 60.5 Å². The van der Waals surface area contributed by atoms with Crippen molar-refractivity contribution in [2.24, 2.45) is 0 Å². The molecule has 7 nitrogen and oxygen atoms in total. The smallest absolute Gasteiger partial charge is 0.311 e. The zero-order valence-corrected chi connectivity index (χ0v) is 17.1. The summed E-state index contributed by atoms with van der Waals surface area (Å²) < 4.78 is 12.7. The fourth-order valence-electron chi connectivity index (χ4n) is 3.51. The number of esters is 1. The van der Waals surface area contributed by atoms with Crippen LogP contribution < -0.4 is 5.32 Å². The summed E-state index contributed by atoms with van der Waals surface area (Å²) in [5, 5.41) is 9.90. The molecule has 0 unspecified atom stereocenters. The maximum atomic E-state index is 12.5. The highest BCUT2D eigenvalue weighted by atomic mass is 16.5. The molecule has 0 saturated heterocycles. The highest BCUT2D eigenvalue weighted by Gasteiger charge is 2.21. The number of ether oxygens (including phenoxy) is 1. The molecule has 1 atom stereocenters. The van der Waals surface area contributed by atoms with Crippen molar-refractivity contribution in [3.8, 4) is 0 Å². The van der Waals surface area contributed by atoms with Gasteiger partial charge in [0.15, 0.2) is 6.10 Å². The third-order valence-electron chi connectivity index (χ3n) is 4.96. The van der Waals surface area contributed by atoms with Crippen molar-refractivity contribution in [2.75, 3.05) is 5.32 Å². The Morgan fingerprint density at radius 1 is 1.13 bits per heavy atom. The number of benzene rings is 2. The van der Waals surface area contributed by atoms with Crippen LogP contribution in [0.4, 0.5) is 5.82 Å². The van der Waals surface area contributed by atoms with Gasteiger partial charge in [-0.25, -0.2) is 4.68 Å². The van der Waals surface area contributed by atoms with Crippen molar-refractivity contribution in [1.82, 2.24) is 9.78 Å². The lowest BCUT2D eigenvalue weighted by atomic mass is 10.0. The quantitative estimate of drug-likeness (QED) is 0.478. The first-order chi connectivity index (χ1) is 14.4. The molecule has 2 aromatic heterocycles. The Labute approximate surface area is 173 Å². The van der Waals surface area contributed by atoms with Crippen molar-refractivity contribution >= 4 is 39.4 Å². The Kier molecular flexibility index (Phi) is 5.27. The molecule has 4 rings (SSSR count). The van der Waals surface area contributed by atoms with Gasteiger partial charge in [-0.1, -0.05) is 30.3 Å². The fraction of sp³-hybridized carbons (Fsp3) is 0.261. The molecular weight excluding hydrogens is 382 g/mol. The van der Waals surface area contributed by atoms with Crippen LogP contribution >= 0.6 is 0 Å². The van der Waals surface area contributed by atoms with Gasteiger partial charge in [0.2, 0.25) is 0 Å². The first-order valence-electron chi connectivity index (χ1n) is 9.85. The Morgan fingerprint density at radius 2 is 1.93 bits per heavy atom. The lowest BCUT2D eigenvalue weighted by molar-refractivity contribution is -0.152. The highest BCUT2D eigenvalue weighted by molar-refractivity contribution is 6.08. The second-order valence-corrected chi connectivity index (χ2v) is 7.47. The van der Waals surface area contributed by atoms with Gasteiger partial charge in [-0.2, -0.15) is 5.10 Å². The number of carbonyl (C=O) groups excluding carboxylic acids is 2. The molecule has 0 bridgehead atoms. The second kappa shape index (κ2) is 8.02. The van der Waals surface area contributed by atoms with Gasteiger partial charge in [-0.15, -0.1) is 0 Å². The lowest BCUT2D eigenvalue weighted by Gasteiger charge is -2.15. The van der Waals surface area contributed by atoms with Gasteiger partial charge in [0, 0.05) is 23.1 Å². The predicted molar refractivity (Wildman–Crippen MR) is 114 cm³/mol. The average molecular weight is 405 g/mol. The molecule has 2 aromatic carbocycles. The van der Waals surface area contributed by atoms with Crippen LogP contribution in [0.25, 0.3) is 21.7 Å². The van der Waals surface area contributed by atoms with Gasteiger partial charge in [-0.3, -0.25) is 9.59 Å². The number of nitrogens with one attached hydrogen (secondary N) is 1. The van der Waals surface area contributed by atoms with Crippen molar-refractivity contribution in [3.63, 3.8) is 0 Å². The van der Waals surface area contributed by atoms with E-state index < -0.39 is 18.0 Å². The van der Waals surface area contributed by atoms with E-state index in [0.717, 1.165) is 21.7 Å². The molecule has 7 heteroatoms. The van der Waals surface area contributed by atoms with E-state index in [2.05, 4.69) is 10.4 Å². The van der Waals surface area contributed by atoms with Gasteiger partial charge >= 0.3 is 5.97 Å². The number of aromatic nitrogens is 2. The molecule has 1 N–H and O–H groups in total. The zero-order valence-electron chi connectivity index (χ0n) is 17.1. The number of furan rings is 1. The largest absolute Gasteiger partial charge is 0.464 e. The number of rotatable bonds is 6. The van der Waals surface area contributed by atoms with E-state index in [4.69, 9.17) is 9.15 Å². The number of fused-ring (bicyclic) bond motifs is 3. The van der Waals surface area contributed by atoms with Gasteiger partial charge in [0.25, 0.3) is 5.91 Å². The Balaban J connectivity index is 1.46. The average Bonchev–Trinajstić information content (AvgIpc) is 3.35. The van der Waals surface area contributed by atoms with Gasteiger partial charge in [0.1, 0.15) is 11.4 Å². The van der Waals surface area contributed by atoms with E-state index in [1.165, 1.54) is 0 Å². The number of anilines is 1. The van der Waals surface area contributed by atoms with E-state index in [1.54, 1.807) is 30.1 Å². The van der Waals surface area contributed by atoms with E-state index in [-0.39, 0.29) is 12.5 Å². The highest BCUT2D eigenvalue weighted by Crippen LogP contribution is 2.30. The standard InChI is InChI=1S/C23H23N3O4/c1-14(2)26-20(10-11-24-26)25-23(28)15(3)30-21(27)12-17-13-29-19-9-8-16-6-4-5-7-18(16)22(17)19/h4-11,13-15H,12H2,1-3H3,(H,25,28)/t15-/m1/s1. The summed E-state index contributed by atoms with van der Waals surface area (Å²) in [5.74, 6) is -0.343. The summed E-state index contributed by atoms with van der Waals surface area (Å²) >= 11 is 0.